The summed E-state index contributed by atoms with van der Waals surface area (Å²) in [6.45, 7) is 0. The molecule has 2 aromatic carbocycles. The summed E-state index contributed by atoms with van der Waals surface area (Å²) in [4.78, 5) is 0. The normalized spacial score (nSPS) is 12.0. The fourth-order valence-corrected chi connectivity index (χ4v) is 3.53. The lowest BCUT2D eigenvalue weighted by molar-refractivity contribution is 0.403. The van der Waals surface area contributed by atoms with Gasteiger partial charge in [0.1, 0.15) is 11.5 Å². The Kier molecular flexibility index (Phi) is 5.80. The number of hydrogen-bond acceptors (Lipinski definition) is 2. The molecule has 1 atom stereocenters. The molecule has 2 aromatic rings. The van der Waals surface area contributed by atoms with Gasteiger partial charge in [0, 0.05) is 10.6 Å². The van der Waals surface area contributed by atoms with Gasteiger partial charge in [-0.25, -0.2) is 0 Å². The molecule has 0 aliphatic carbocycles. The lowest BCUT2D eigenvalue weighted by atomic mass is 10.0. The largest absolute Gasteiger partial charge is 0.496 e. The van der Waals surface area contributed by atoms with Crippen molar-refractivity contribution in [3.63, 3.8) is 0 Å². The van der Waals surface area contributed by atoms with Crippen molar-refractivity contribution in [1.82, 2.24) is 0 Å². The minimum Gasteiger partial charge on any atom is -0.496 e. The lowest BCUT2D eigenvalue weighted by Crippen LogP contribution is -2.01. The Balaban J connectivity index is 2.34. The van der Waals surface area contributed by atoms with Gasteiger partial charge in [-0.1, -0.05) is 29.8 Å². The first-order valence-electron chi connectivity index (χ1n) is 6.35. The second-order valence-electron chi connectivity index (χ2n) is 4.49. The van der Waals surface area contributed by atoms with Gasteiger partial charge in [-0.05, 0) is 46.1 Å². The van der Waals surface area contributed by atoms with Crippen molar-refractivity contribution in [2.75, 3.05) is 14.2 Å². The minimum absolute atomic E-state index is 0.272. The summed E-state index contributed by atoms with van der Waals surface area (Å²) in [5.74, 6) is 1.53. The van der Waals surface area contributed by atoms with E-state index in [4.69, 9.17) is 32.7 Å². The molecule has 5 heteroatoms. The van der Waals surface area contributed by atoms with E-state index in [1.807, 2.05) is 30.3 Å². The summed E-state index contributed by atoms with van der Waals surface area (Å²) in [5.41, 5.74) is 1.89. The van der Waals surface area contributed by atoms with Crippen LogP contribution in [0.5, 0.6) is 11.5 Å². The van der Waals surface area contributed by atoms with E-state index >= 15 is 0 Å². The number of ether oxygens (including phenoxy) is 2. The molecule has 0 radical (unpaired) electrons. The van der Waals surface area contributed by atoms with Gasteiger partial charge in [-0.2, -0.15) is 0 Å². The third-order valence-electron chi connectivity index (χ3n) is 3.17. The molecule has 0 N–H and O–H groups in total. The van der Waals surface area contributed by atoms with E-state index in [1.54, 1.807) is 20.3 Å². The molecule has 1 unspecified atom stereocenters. The fraction of sp³-hybridized carbons (Fsp3) is 0.250. The van der Waals surface area contributed by atoms with Crippen LogP contribution in [0.4, 0.5) is 0 Å². The van der Waals surface area contributed by atoms with Gasteiger partial charge >= 0.3 is 0 Å². The van der Waals surface area contributed by atoms with E-state index in [2.05, 4.69) is 15.9 Å². The number of halogens is 3. The zero-order valence-electron chi connectivity index (χ0n) is 11.7. The monoisotopic (exact) mass is 388 g/mol. The second kappa shape index (κ2) is 7.39. The highest BCUT2D eigenvalue weighted by molar-refractivity contribution is 9.10. The summed E-state index contributed by atoms with van der Waals surface area (Å²) in [7, 11) is 3.27. The van der Waals surface area contributed by atoms with Gasteiger partial charge in [0.25, 0.3) is 0 Å². The van der Waals surface area contributed by atoms with E-state index in [1.165, 1.54) is 0 Å². The Morgan fingerprint density at radius 2 is 1.86 bits per heavy atom. The topological polar surface area (TPSA) is 18.5 Å². The van der Waals surface area contributed by atoms with Crippen LogP contribution < -0.4 is 9.47 Å². The minimum atomic E-state index is -0.272. The molecular weight excluding hydrogens is 375 g/mol. The second-order valence-corrected chi connectivity index (χ2v) is 6.31. The van der Waals surface area contributed by atoms with Crippen LogP contribution in [0.25, 0.3) is 0 Å². The molecule has 0 saturated heterocycles. The average Bonchev–Trinajstić information content (AvgIpc) is 2.47. The maximum Gasteiger partial charge on any atom is 0.137 e. The van der Waals surface area contributed by atoms with Crippen molar-refractivity contribution in [2.24, 2.45) is 0 Å². The molecule has 0 fully saturated rings. The van der Waals surface area contributed by atoms with Gasteiger partial charge in [-0.3, -0.25) is 0 Å². The third kappa shape index (κ3) is 3.85. The van der Waals surface area contributed by atoms with Gasteiger partial charge in [-0.15, -0.1) is 11.6 Å². The molecule has 0 heterocycles. The van der Waals surface area contributed by atoms with E-state index in [-0.39, 0.29) is 5.38 Å². The Labute approximate surface area is 143 Å². The van der Waals surface area contributed by atoms with E-state index in [0.717, 1.165) is 21.3 Å². The molecule has 0 aromatic heterocycles. The first-order valence-corrected chi connectivity index (χ1v) is 7.96. The zero-order chi connectivity index (χ0) is 15.4. The van der Waals surface area contributed by atoms with Crippen molar-refractivity contribution in [1.29, 1.82) is 0 Å². The first kappa shape index (κ1) is 16.5. The van der Waals surface area contributed by atoms with Crippen molar-refractivity contribution >= 4 is 39.1 Å². The van der Waals surface area contributed by atoms with Gasteiger partial charge in [0.05, 0.1) is 24.1 Å². The summed E-state index contributed by atoms with van der Waals surface area (Å²) < 4.78 is 11.6. The van der Waals surface area contributed by atoms with Crippen molar-refractivity contribution in [2.45, 2.75) is 11.8 Å². The number of rotatable bonds is 5. The summed E-state index contributed by atoms with van der Waals surface area (Å²) >= 11 is 16.1. The van der Waals surface area contributed by atoms with Crippen molar-refractivity contribution in [3.05, 3.63) is 57.0 Å². The summed E-state index contributed by atoms with van der Waals surface area (Å²) in [6, 6.07) is 11.4. The quantitative estimate of drug-likeness (QED) is 0.615. The zero-order valence-corrected chi connectivity index (χ0v) is 14.8. The standard InChI is InChI=1S/C16H15BrCl2O2/c1-20-15-6-4-3-5-10(15)7-14(19)12-8-11(18)9-13(17)16(12)21-2/h3-6,8-9,14H,7H2,1-2H3. The highest BCUT2D eigenvalue weighted by Crippen LogP contribution is 2.40. The molecule has 21 heavy (non-hydrogen) atoms. The average molecular weight is 390 g/mol. The Morgan fingerprint density at radius 1 is 1.14 bits per heavy atom. The highest BCUT2D eigenvalue weighted by Gasteiger charge is 2.19. The van der Waals surface area contributed by atoms with Gasteiger partial charge in [0.2, 0.25) is 0 Å². The molecule has 2 nitrogen and oxygen atoms in total. The third-order valence-corrected chi connectivity index (χ3v) is 4.37. The smallest absolute Gasteiger partial charge is 0.137 e. The molecule has 0 bridgehead atoms. The molecule has 0 amide bonds. The summed E-state index contributed by atoms with van der Waals surface area (Å²) in [6.07, 6.45) is 0.620. The predicted molar refractivity (Wildman–Crippen MR) is 91.0 cm³/mol. The molecule has 0 aliphatic rings. The molecular formula is C16H15BrCl2O2. The maximum atomic E-state index is 6.58. The van der Waals surface area contributed by atoms with Crippen LogP contribution in [-0.4, -0.2) is 14.2 Å². The van der Waals surface area contributed by atoms with E-state index in [0.29, 0.717) is 17.2 Å². The van der Waals surface area contributed by atoms with Crippen LogP contribution >= 0.6 is 39.1 Å². The first-order chi connectivity index (χ1) is 10.1. The molecule has 0 spiro atoms. The fourth-order valence-electron chi connectivity index (χ4n) is 2.20. The lowest BCUT2D eigenvalue weighted by Gasteiger charge is -2.17. The van der Waals surface area contributed by atoms with Crippen LogP contribution in [0.1, 0.15) is 16.5 Å². The molecule has 2 rings (SSSR count). The Morgan fingerprint density at radius 3 is 2.52 bits per heavy atom. The number of benzene rings is 2. The Bertz CT molecular complexity index is 632. The molecule has 0 aliphatic heterocycles. The molecule has 0 saturated carbocycles. The van der Waals surface area contributed by atoms with Crippen molar-refractivity contribution in [3.8, 4) is 11.5 Å². The van der Waals surface area contributed by atoms with Crippen LogP contribution in [0.15, 0.2) is 40.9 Å². The maximum absolute atomic E-state index is 6.58. The van der Waals surface area contributed by atoms with Crippen LogP contribution in [0.3, 0.4) is 0 Å². The van der Waals surface area contributed by atoms with E-state index < -0.39 is 0 Å². The highest BCUT2D eigenvalue weighted by atomic mass is 79.9. The van der Waals surface area contributed by atoms with E-state index in [9.17, 15) is 0 Å². The SMILES string of the molecule is COc1ccccc1CC(Cl)c1cc(Cl)cc(Br)c1OC. The summed E-state index contributed by atoms with van der Waals surface area (Å²) in [5, 5.41) is 0.342. The van der Waals surface area contributed by atoms with Crippen molar-refractivity contribution < 1.29 is 9.47 Å². The number of hydrogen-bond donors (Lipinski definition) is 0. The van der Waals surface area contributed by atoms with Crippen LogP contribution in [0, 0.1) is 0 Å². The van der Waals surface area contributed by atoms with Crippen LogP contribution in [-0.2, 0) is 6.42 Å². The van der Waals surface area contributed by atoms with Gasteiger partial charge < -0.3 is 9.47 Å². The van der Waals surface area contributed by atoms with Crippen LogP contribution in [0.2, 0.25) is 5.02 Å². The Hall–Kier alpha value is -0.900. The van der Waals surface area contributed by atoms with Gasteiger partial charge in [0.15, 0.2) is 0 Å². The number of alkyl halides is 1. The number of methoxy groups -OCH3 is 2. The number of para-hydroxylation sites is 1. The molecule has 112 valence electrons. The predicted octanol–water partition coefficient (Wildman–Crippen LogP) is 5.64.